The number of hydrogen-bond acceptors (Lipinski definition) is 5. The molecule has 2 N–H and O–H groups in total. The van der Waals surface area contributed by atoms with Crippen LogP contribution >= 0.6 is 11.3 Å². The highest BCUT2D eigenvalue weighted by atomic mass is 32.2. The van der Waals surface area contributed by atoms with Gasteiger partial charge in [0.05, 0.1) is 6.04 Å². The van der Waals surface area contributed by atoms with Crippen molar-refractivity contribution in [3.8, 4) is 0 Å². The summed E-state index contributed by atoms with van der Waals surface area (Å²) in [6.07, 6.45) is 0.989. The number of benzene rings is 2. The molecule has 1 unspecified atom stereocenters. The average molecular weight is 458 g/mol. The number of rotatable bonds is 9. The van der Waals surface area contributed by atoms with Gasteiger partial charge in [0, 0.05) is 17.8 Å². The largest absolute Gasteiger partial charge is 0.350 e. The summed E-state index contributed by atoms with van der Waals surface area (Å²) in [7, 11) is 0.363. The Kier molecular flexibility index (Phi) is 7.48. The van der Waals surface area contributed by atoms with Crippen LogP contribution in [0.25, 0.3) is 0 Å². The van der Waals surface area contributed by atoms with Crippen molar-refractivity contribution in [2.75, 3.05) is 25.4 Å². The first-order valence-corrected chi connectivity index (χ1v) is 12.4. The maximum atomic E-state index is 12.6. The first-order valence-electron chi connectivity index (χ1n) is 10.00. The van der Waals surface area contributed by atoms with Crippen LogP contribution in [0.5, 0.6) is 0 Å². The van der Waals surface area contributed by atoms with Crippen molar-refractivity contribution in [3.05, 3.63) is 82.7 Å². The molecule has 0 fully saturated rings. The van der Waals surface area contributed by atoms with E-state index in [1.54, 1.807) is 41.8 Å². The number of thiophene rings is 1. The number of aryl methyl sites for hydroxylation is 1. The smallest absolute Gasteiger partial charge is 0.271 e. The third kappa shape index (κ3) is 5.94. The lowest BCUT2D eigenvalue weighted by Gasteiger charge is -2.25. The van der Waals surface area contributed by atoms with E-state index < -0.39 is 10.0 Å². The molecule has 164 valence electrons. The van der Waals surface area contributed by atoms with Crippen LogP contribution < -0.4 is 10.0 Å². The predicted octanol–water partition coefficient (Wildman–Crippen LogP) is 4.14. The van der Waals surface area contributed by atoms with Crippen molar-refractivity contribution in [1.29, 1.82) is 0 Å². The van der Waals surface area contributed by atoms with Crippen molar-refractivity contribution in [3.63, 3.8) is 0 Å². The van der Waals surface area contributed by atoms with Crippen LogP contribution in [-0.4, -0.2) is 39.9 Å². The molecule has 3 rings (SSSR count). The van der Waals surface area contributed by atoms with Crippen molar-refractivity contribution in [2.45, 2.75) is 23.6 Å². The zero-order valence-corrected chi connectivity index (χ0v) is 19.5. The fourth-order valence-electron chi connectivity index (χ4n) is 3.18. The van der Waals surface area contributed by atoms with E-state index in [-0.39, 0.29) is 16.2 Å². The summed E-state index contributed by atoms with van der Waals surface area (Å²) in [6.45, 7) is 2.58. The van der Waals surface area contributed by atoms with Crippen molar-refractivity contribution in [2.24, 2.45) is 0 Å². The van der Waals surface area contributed by atoms with E-state index in [4.69, 9.17) is 0 Å². The molecule has 31 heavy (non-hydrogen) atoms. The van der Waals surface area contributed by atoms with E-state index in [1.165, 1.54) is 5.56 Å². The summed E-state index contributed by atoms with van der Waals surface area (Å²) in [5.74, 6) is -0.204. The molecule has 1 atom stereocenters. The van der Waals surface area contributed by atoms with Crippen molar-refractivity contribution in [1.82, 2.24) is 10.2 Å². The van der Waals surface area contributed by atoms with E-state index in [0.717, 1.165) is 23.3 Å². The second-order valence-electron chi connectivity index (χ2n) is 7.40. The molecule has 8 heteroatoms. The van der Waals surface area contributed by atoms with E-state index >= 15 is 0 Å². The van der Waals surface area contributed by atoms with Gasteiger partial charge >= 0.3 is 0 Å². The summed E-state index contributed by atoms with van der Waals surface area (Å²) in [5.41, 5.74) is 3.30. The molecule has 0 aliphatic heterocycles. The molecular formula is C23H27N3O3S2. The molecule has 0 saturated heterocycles. The highest BCUT2D eigenvalue weighted by Gasteiger charge is 2.17. The van der Waals surface area contributed by atoms with Gasteiger partial charge in [0.2, 0.25) is 0 Å². The standard InChI is InChI=1S/C23H27N3O3S2/c1-4-17-7-9-18(10-8-17)21(26(2)3)16-24-23(27)19-11-13-20(14-12-19)25-31(28,29)22-6-5-15-30-22/h5-15,21,25H,4,16H2,1-3H3,(H,24,27). The molecule has 1 aromatic heterocycles. The zero-order valence-electron chi connectivity index (χ0n) is 17.8. The number of nitrogens with zero attached hydrogens (tertiary/aromatic N) is 1. The Morgan fingerprint density at radius 1 is 1.03 bits per heavy atom. The van der Waals surface area contributed by atoms with E-state index in [2.05, 4.69) is 46.1 Å². The summed E-state index contributed by atoms with van der Waals surface area (Å²) < 4.78 is 27.4. The minimum atomic E-state index is -3.61. The molecule has 0 aliphatic carbocycles. The van der Waals surface area contributed by atoms with Crippen molar-refractivity contribution < 1.29 is 13.2 Å². The number of carbonyl (C=O) groups excluding carboxylic acids is 1. The van der Waals surface area contributed by atoms with Gasteiger partial charge < -0.3 is 10.2 Å². The molecule has 1 amide bonds. The number of anilines is 1. The predicted molar refractivity (Wildman–Crippen MR) is 126 cm³/mol. The molecule has 0 bridgehead atoms. The number of hydrogen-bond donors (Lipinski definition) is 2. The molecule has 0 aliphatic rings. The number of likely N-dealkylation sites (N-methyl/N-ethyl adjacent to an activating group) is 1. The summed E-state index contributed by atoms with van der Waals surface area (Å²) >= 11 is 1.15. The lowest BCUT2D eigenvalue weighted by atomic mass is 10.0. The third-order valence-electron chi connectivity index (χ3n) is 5.01. The summed E-state index contributed by atoms with van der Waals surface area (Å²) in [6, 6.07) is 18.1. The van der Waals surface area contributed by atoms with Gasteiger partial charge in [-0.05, 0) is 67.4 Å². The Bertz CT molecular complexity index is 1090. The molecular weight excluding hydrogens is 430 g/mol. The van der Waals surface area contributed by atoms with Crippen LogP contribution in [-0.2, 0) is 16.4 Å². The third-order valence-corrected chi connectivity index (χ3v) is 7.79. The van der Waals surface area contributed by atoms with E-state index in [9.17, 15) is 13.2 Å². The lowest BCUT2D eigenvalue weighted by Crippen LogP contribution is -2.34. The second kappa shape index (κ2) is 10.1. The molecule has 0 spiro atoms. The normalized spacial score (nSPS) is 12.5. The SMILES string of the molecule is CCc1ccc(C(CNC(=O)c2ccc(NS(=O)(=O)c3cccs3)cc2)N(C)C)cc1. The van der Waals surface area contributed by atoms with E-state index in [1.807, 2.05) is 14.1 Å². The monoisotopic (exact) mass is 457 g/mol. The molecule has 6 nitrogen and oxygen atoms in total. The Morgan fingerprint density at radius 3 is 2.26 bits per heavy atom. The van der Waals surface area contributed by atoms with Crippen LogP contribution in [0.2, 0.25) is 0 Å². The highest BCUT2D eigenvalue weighted by molar-refractivity contribution is 7.94. The molecule has 2 aromatic carbocycles. The van der Waals surface area contributed by atoms with Crippen LogP contribution in [0.1, 0.15) is 34.5 Å². The van der Waals surface area contributed by atoms with Crippen LogP contribution in [0.15, 0.2) is 70.3 Å². The Balaban J connectivity index is 1.63. The average Bonchev–Trinajstić information content (AvgIpc) is 3.30. The number of carbonyl (C=O) groups is 1. The van der Waals surface area contributed by atoms with Gasteiger partial charge in [0.1, 0.15) is 4.21 Å². The number of amides is 1. The molecule has 0 saturated carbocycles. The topological polar surface area (TPSA) is 78.5 Å². The Labute approximate surface area is 188 Å². The molecule has 3 aromatic rings. The summed E-state index contributed by atoms with van der Waals surface area (Å²) in [4.78, 5) is 14.7. The first-order chi connectivity index (χ1) is 14.8. The maximum absolute atomic E-state index is 12.6. The zero-order chi connectivity index (χ0) is 22.4. The van der Waals surface area contributed by atoms with Gasteiger partial charge in [-0.2, -0.15) is 0 Å². The minimum Gasteiger partial charge on any atom is -0.350 e. The number of nitrogens with one attached hydrogen (secondary N) is 2. The Hall–Kier alpha value is -2.68. The van der Waals surface area contributed by atoms with Crippen LogP contribution in [0, 0.1) is 0 Å². The van der Waals surface area contributed by atoms with Gasteiger partial charge in [-0.15, -0.1) is 11.3 Å². The number of sulfonamides is 1. The van der Waals surface area contributed by atoms with E-state index in [0.29, 0.717) is 17.8 Å². The van der Waals surface area contributed by atoms with Gasteiger partial charge in [-0.1, -0.05) is 37.3 Å². The van der Waals surface area contributed by atoms with Crippen molar-refractivity contribution >= 4 is 33.0 Å². The first kappa shape index (κ1) is 23.0. The van der Waals surface area contributed by atoms with Gasteiger partial charge in [-0.25, -0.2) is 8.42 Å². The highest BCUT2D eigenvalue weighted by Crippen LogP contribution is 2.21. The fourth-order valence-corrected chi connectivity index (χ4v) is 5.23. The summed E-state index contributed by atoms with van der Waals surface area (Å²) in [5, 5.41) is 4.69. The second-order valence-corrected chi connectivity index (χ2v) is 10.3. The molecule has 1 heterocycles. The van der Waals surface area contributed by atoms with Crippen LogP contribution in [0.4, 0.5) is 5.69 Å². The quantitative estimate of drug-likeness (QED) is 0.506. The van der Waals surface area contributed by atoms with Gasteiger partial charge in [0.15, 0.2) is 0 Å². The lowest BCUT2D eigenvalue weighted by molar-refractivity contribution is 0.0942. The maximum Gasteiger partial charge on any atom is 0.271 e. The fraction of sp³-hybridized carbons (Fsp3) is 0.261. The van der Waals surface area contributed by atoms with Crippen LogP contribution in [0.3, 0.4) is 0 Å². The Morgan fingerprint density at radius 2 is 1.71 bits per heavy atom. The van der Waals surface area contributed by atoms with Gasteiger partial charge in [-0.3, -0.25) is 9.52 Å². The van der Waals surface area contributed by atoms with Gasteiger partial charge in [0.25, 0.3) is 15.9 Å². The molecule has 0 radical (unpaired) electrons. The minimum absolute atomic E-state index is 0.0479.